The van der Waals surface area contributed by atoms with Crippen LogP contribution in [0.1, 0.15) is 0 Å². The van der Waals surface area contributed by atoms with Crippen molar-refractivity contribution in [2.24, 2.45) is 0 Å². The number of ether oxygens (including phenoxy) is 1. The van der Waals surface area contributed by atoms with Crippen molar-refractivity contribution in [3.8, 4) is 0 Å². The summed E-state index contributed by atoms with van der Waals surface area (Å²) in [5.74, 6) is 0.391. The van der Waals surface area contributed by atoms with Crippen molar-refractivity contribution in [1.82, 2.24) is 9.71 Å². The second kappa shape index (κ2) is 7.27. The van der Waals surface area contributed by atoms with Gasteiger partial charge in [-0.25, -0.2) is 13.1 Å². The fraction of sp³-hybridized carbons (Fsp3) is 0.444. The summed E-state index contributed by atoms with van der Waals surface area (Å²) in [4.78, 5) is 3.91. The number of hydrogen-bond donors (Lipinski definition) is 1. The van der Waals surface area contributed by atoms with E-state index in [1.54, 1.807) is 0 Å². The summed E-state index contributed by atoms with van der Waals surface area (Å²) < 4.78 is 31.6. The van der Waals surface area contributed by atoms with E-state index in [0.29, 0.717) is 17.0 Å². The molecule has 0 unspecified atom stereocenters. The van der Waals surface area contributed by atoms with Gasteiger partial charge in [0, 0.05) is 29.3 Å². The van der Waals surface area contributed by atoms with Gasteiger partial charge in [0.25, 0.3) is 0 Å². The number of rotatable bonds is 7. The Labute approximate surface area is 114 Å². The van der Waals surface area contributed by atoms with Crippen LogP contribution in [-0.2, 0) is 14.8 Å². The van der Waals surface area contributed by atoms with E-state index in [1.165, 1.54) is 18.5 Å². The zero-order chi connectivity index (χ0) is 12.7. The standard InChI is InChI=1S/C9H12BrClN2O3S/c10-8-5-9(7-12-6-8)17(14,15)13-2-4-16-3-1-11/h5-7,13H,1-4H2. The number of nitrogens with one attached hydrogen (secondary N) is 1. The second-order valence-electron chi connectivity index (χ2n) is 3.04. The fourth-order valence-corrected chi connectivity index (χ4v) is 2.65. The lowest BCUT2D eigenvalue weighted by Gasteiger charge is -2.06. The van der Waals surface area contributed by atoms with Gasteiger partial charge in [-0.05, 0) is 22.0 Å². The number of nitrogens with zero attached hydrogens (tertiary/aromatic N) is 1. The summed E-state index contributed by atoms with van der Waals surface area (Å²) in [6.07, 6.45) is 2.80. The zero-order valence-corrected chi connectivity index (χ0v) is 12.1. The fourth-order valence-electron chi connectivity index (χ4n) is 1.03. The van der Waals surface area contributed by atoms with E-state index in [1.807, 2.05) is 0 Å². The van der Waals surface area contributed by atoms with Crippen LogP contribution in [0.15, 0.2) is 27.8 Å². The lowest BCUT2D eigenvalue weighted by molar-refractivity contribution is 0.155. The first-order valence-corrected chi connectivity index (χ1v) is 7.61. The van der Waals surface area contributed by atoms with Gasteiger partial charge in [-0.1, -0.05) is 0 Å². The first kappa shape index (κ1) is 14.8. The van der Waals surface area contributed by atoms with Crippen LogP contribution in [0.3, 0.4) is 0 Å². The van der Waals surface area contributed by atoms with Gasteiger partial charge >= 0.3 is 0 Å². The maximum Gasteiger partial charge on any atom is 0.242 e. The van der Waals surface area contributed by atoms with Crippen LogP contribution in [-0.4, -0.2) is 39.0 Å². The molecule has 0 saturated carbocycles. The molecule has 0 bridgehead atoms. The van der Waals surface area contributed by atoms with Crippen LogP contribution in [0, 0.1) is 0 Å². The quantitative estimate of drug-likeness (QED) is 0.600. The molecule has 1 N–H and O–H groups in total. The average Bonchev–Trinajstić information content (AvgIpc) is 2.29. The predicted molar refractivity (Wildman–Crippen MR) is 68.7 cm³/mol. The van der Waals surface area contributed by atoms with E-state index in [9.17, 15) is 8.42 Å². The zero-order valence-electron chi connectivity index (χ0n) is 8.90. The molecule has 0 saturated heterocycles. The van der Waals surface area contributed by atoms with Gasteiger partial charge in [-0.15, -0.1) is 11.6 Å². The van der Waals surface area contributed by atoms with E-state index in [2.05, 4.69) is 25.6 Å². The summed E-state index contributed by atoms with van der Waals surface area (Å²) in [5, 5.41) is 0. The van der Waals surface area contributed by atoms with Crippen LogP contribution in [0.5, 0.6) is 0 Å². The summed E-state index contributed by atoms with van der Waals surface area (Å²) in [6.45, 7) is 0.890. The van der Waals surface area contributed by atoms with Gasteiger partial charge < -0.3 is 4.74 Å². The third-order valence-corrected chi connectivity index (χ3v) is 3.77. The minimum Gasteiger partial charge on any atom is -0.379 e. The van der Waals surface area contributed by atoms with E-state index in [0.717, 1.165) is 0 Å². The van der Waals surface area contributed by atoms with E-state index in [-0.39, 0.29) is 18.0 Å². The third kappa shape index (κ3) is 5.31. The molecule has 0 spiro atoms. The minimum atomic E-state index is -3.53. The Morgan fingerprint density at radius 1 is 1.41 bits per heavy atom. The number of pyridine rings is 1. The molecule has 96 valence electrons. The highest BCUT2D eigenvalue weighted by Gasteiger charge is 2.13. The van der Waals surface area contributed by atoms with Crippen LogP contribution in [0.25, 0.3) is 0 Å². The van der Waals surface area contributed by atoms with E-state index >= 15 is 0 Å². The Kier molecular flexibility index (Phi) is 6.35. The maximum atomic E-state index is 11.8. The van der Waals surface area contributed by atoms with E-state index < -0.39 is 10.0 Å². The Morgan fingerprint density at radius 2 is 2.18 bits per heavy atom. The molecule has 0 aliphatic heterocycles. The van der Waals surface area contributed by atoms with Crippen molar-refractivity contribution >= 4 is 37.6 Å². The summed E-state index contributed by atoms with van der Waals surface area (Å²) >= 11 is 8.57. The topological polar surface area (TPSA) is 68.3 Å². The van der Waals surface area contributed by atoms with Crippen molar-refractivity contribution < 1.29 is 13.2 Å². The Morgan fingerprint density at radius 3 is 2.82 bits per heavy atom. The summed E-state index contributed by atoms with van der Waals surface area (Å²) in [7, 11) is -3.53. The van der Waals surface area contributed by atoms with Crippen LogP contribution in [0.4, 0.5) is 0 Å². The van der Waals surface area contributed by atoms with Crippen LogP contribution < -0.4 is 4.72 Å². The minimum absolute atomic E-state index is 0.115. The van der Waals surface area contributed by atoms with Gasteiger partial charge in [0.05, 0.1) is 13.2 Å². The molecule has 17 heavy (non-hydrogen) atoms. The Balaban J connectivity index is 2.51. The Hall–Kier alpha value is -0.210. The van der Waals surface area contributed by atoms with Crippen molar-refractivity contribution in [3.63, 3.8) is 0 Å². The molecule has 5 nitrogen and oxygen atoms in total. The highest BCUT2D eigenvalue weighted by Crippen LogP contribution is 2.13. The molecule has 1 heterocycles. The molecule has 0 atom stereocenters. The molecule has 1 rings (SSSR count). The van der Waals surface area contributed by atoms with E-state index in [4.69, 9.17) is 16.3 Å². The monoisotopic (exact) mass is 342 g/mol. The molecule has 0 aliphatic carbocycles. The molecule has 1 aromatic rings. The molecule has 0 aromatic carbocycles. The first-order chi connectivity index (χ1) is 8.06. The number of sulfonamides is 1. The summed E-state index contributed by atoms with van der Waals surface area (Å²) in [6, 6.07) is 1.48. The van der Waals surface area contributed by atoms with Crippen molar-refractivity contribution in [2.75, 3.05) is 25.6 Å². The van der Waals surface area contributed by atoms with Crippen molar-refractivity contribution in [1.29, 1.82) is 0 Å². The molecule has 0 amide bonds. The maximum absolute atomic E-state index is 11.8. The van der Waals surface area contributed by atoms with Crippen LogP contribution in [0.2, 0.25) is 0 Å². The highest BCUT2D eigenvalue weighted by molar-refractivity contribution is 9.10. The third-order valence-electron chi connectivity index (χ3n) is 1.75. The molecule has 0 fully saturated rings. The van der Waals surface area contributed by atoms with Gasteiger partial charge in [-0.2, -0.15) is 0 Å². The van der Waals surface area contributed by atoms with Crippen LogP contribution >= 0.6 is 27.5 Å². The number of alkyl halides is 1. The molecule has 8 heteroatoms. The molecule has 0 aliphatic rings. The Bertz CT molecular complexity index is 455. The first-order valence-electron chi connectivity index (χ1n) is 4.80. The number of hydrogen-bond acceptors (Lipinski definition) is 4. The molecule has 0 radical (unpaired) electrons. The largest absolute Gasteiger partial charge is 0.379 e. The highest BCUT2D eigenvalue weighted by atomic mass is 79.9. The molecular weight excluding hydrogens is 332 g/mol. The predicted octanol–water partition coefficient (Wildman–Crippen LogP) is 1.38. The van der Waals surface area contributed by atoms with Gasteiger partial charge in [0.2, 0.25) is 10.0 Å². The lowest BCUT2D eigenvalue weighted by atomic mass is 10.5. The van der Waals surface area contributed by atoms with Gasteiger partial charge in [0.15, 0.2) is 0 Å². The SMILES string of the molecule is O=S(=O)(NCCOCCCl)c1cncc(Br)c1. The number of halogens is 2. The van der Waals surface area contributed by atoms with Crippen molar-refractivity contribution in [3.05, 3.63) is 22.9 Å². The average molecular weight is 344 g/mol. The van der Waals surface area contributed by atoms with Crippen molar-refractivity contribution in [2.45, 2.75) is 4.90 Å². The van der Waals surface area contributed by atoms with Gasteiger partial charge in [0.1, 0.15) is 4.90 Å². The summed E-state index contributed by atoms with van der Waals surface area (Å²) in [5.41, 5.74) is 0. The molecule has 1 aromatic heterocycles. The molecular formula is C9H12BrClN2O3S. The second-order valence-corrected chi connectivity index (χ2v) is 6.10. The number of aromatic nitrogens is 1. The smallest absolute Gasteiger partial charge is 0.242 e. The normalized spacial score (nSPS) is 11.6. The van der Waals surface area contributed by atoms with Gasteiger partial charge in [-0.3, -0.25) is 4.98 Å². The lowest BCUT2D eigenvalue weighted by Crippen LogP contribution is -2.27.